The number of hydrogen-bond donors (Lipinski definition) is 1. The Morgan fingerprint density at radius 3 is 3.07 bits per heavy atom. The second-order valence-corrected chi connectivity index (χ2v) is 3.88. The van der Waals surface area contributed by atoms with Crippen molar-refractivity contribution in [3.05, 3.63) is 0 Å². The minimum absolute atomic E-state index is 0.0982. The van der Waals surface area contributed by atoms with E-state index in [1.54, 1.807) is 11.8 Å². The fourth-order valence-electron chi connectivity index (χ4n) is 1.65. The summed E-state index contributed by atoms with van der Waals surface area (Å²) in [4.78, 5) is 23.7. The summed E-state index contributed by atoms with van der Waals surface area (Å²) in [6, 6.07) is -0.620. The molecule has 2 rings (SSSR count). The zero-order chi connectivity index (χ0) is 11.0. The van der Waals surface area contributed by atoms with E-state index in [1.165, 1.54) is 0 Å². The predicted octanol–water partition coefficient (Wildman–Crippen LogP) is -1.17. The number of fused-ring (bicyclic) bond motifs is 1. The summed E-state index contributed by atoms with van der Waals surface area (Å²) in [6.07, 6.45) is 0.137. The van der Waals surface area contributed by atoms with Crippen LogP contribution in [0.2, 0.25) is 0 Å². The van der Waals surface area contributed by atoms with Gasteiger partial charge in [0, 0.05) is 0 Å². The molecule has 0 aromatic heterocycles. The Bertz CT molecular complexity index is 292. The van der Waals surface area contributed by atoms with Crippen molar-refractivity contribution in [2.75, 3.05) is 13.2 Å². The fraction of sp³-hybridized carbons (Fsp3) is 0.778. The Labute approximate surface area is 87.3 Å². The van der Waals surface area contributed by atoms with Crippen molar-refractivity contribution in [3.8, 4) is 0 Å². The molecule has 2 heterocycles. The SMILES string of the molecule is CC(N)C(=O)OCC1CN2C(=O)CC2O1. The van der Waals surface area contributed by atoms with Gasteiger partial charge in [-0.25, -0.2) is 0 Å². The molecular weight excluding hydrogens is 200 g/mol. The van der Waals surface area contributed by atoms with E-state index in [0.29, 0.717) is 13.0 Å². The van der Waals surface area contributed by atoms with Crippen LogP contribution < -0.4 is 5.73 Å². The molecule has 0 aromatic carbocycles. The predicted molar refractivity (Wildman–Crippen MR) is 49.6 cm³/mol. The van der Waals surface area contributed by atoms with Crippen LogP contribution in [0.1, 0.15) is 13.3 Å². The largest absolute Gasteiger partial charge is 0.462 e. The molecule has 2 fully saturated rings. The molecule has 3 atom stereocenters. The Balaban J connectivity index is 1.74. The number of carbonyl (C=O) groups excluding carboxylic acids is 2. The summed E-state index contributed by atoms with van der Waals surface area (Å²) in [7, 11) is 0. The summed E-state index contributed by atoms with van der Waals surface area (Å²) < 4.78 is 10.4. The number of β-lactam (4-membered cyclic amide) rings is 1. The summed E-state index contributed by atoms with van der Waals surface area (Å²) >= 11 is 0. The van der Waals surface area contributed by atoms with Crippen LogP contribution in [0.4, 0.5) is 0 Å². The van der Waals surface area contributed by atoms with Gasteiger partial charge in [-0.2, -0.15) is 0 Å². The van der Waals surface area contributed by atoms with Crippen molar-refractivity contribution in [2.45, 2.75) is 31.7 Å². The van der Waals surface area contributed by atoms with E-state index < -0.39 is 12.0 Å². The molecular formula is C9H14N2O4. The minimum Gasteiger partial charge on any atom is -0.462 e. The first kappa shape index (κ1) is 10.4. The van der Waals surface area contributed by atoms with Crippen LogP contribution in [0.5, 0.6) is 0 Å². The second kappa shape index (κ2) is 3.79. The van der Waals surface area contributed by atoms with Crippen LogP contribution in [0.25, 0.3) is 0 Å². The van der Waals surface area contributed by atoms with Crippen LogP contribution in [-0.4, -0.2) is 48.3 Å². The zero-order valence-corrected chi connectivity index (χ0v) is 8.51. The molecule has 2 aliphatic rings. The standard InChI is InChI=1S/C9H14N2O4/c1-5(10)9(13)14-4-6-3-11-7(12)2-8(11)15-6/h5-6,8H,2-4,10H2,1H3. The minimum atomic E-state index is -0.620. The molecule has 0 radical (unpaired) electrons. The number of esters is 1. The lowest BCUT2D eigenvalue weighted by Crippen LogP contribution is -2.48. The molecule has 1 amide bonds. The summed E-state index contributed by atoms with van der Waals surface area (Å²) in [6.45, 7) is 2.24. The van der Waals surface area contributed by atoms with Crippen molar-refractivity contribution in [3.63, 3.8) is 0 Å². The zero-order valence-electron chi connectivity index (χ0n) is 8.51. The van der Waals surface area contributed by atoms with Gasteiger partial charge in [-0.05, 0) is 6.92 Å². The maximum absolute atomic E-state index is 11.1. The smallest absolute Gasteiger partial charge is 0.322 e. The third kappa shape index (κ3) is 1.95. The van der Waals surface area contributed by atoms with Crippen molar-refractivity contribution in [1.82, 2.24) is 4.90 Å². The molecule has 2 N–H and O–H groups in total. The molecule has 0 aromatic rings. The Kier molecular flexibility index (Phi) is 2.62. The Hall–Kier alpha value is -1.14. The topological polar surface area (TPSA) is 81.9 Å². The second-order valence-electron chi connectivity index (χ2n) is 3.88. The summed E-state index contributed by atoms with van der Waals surface area (Å²) in [5.41, 5.74) is 5.33. The van der Waals surface area contributed by atoms with Gasteiger partial charge >= 0.3 is 5.97 Å². The monoisotopic (exact) mass is 214 g/mol. The Morgan fingerprint density at radius 1 is 1.80 bits per heavy atom. The van der Waals surface area contributed by atoms with Crippen LogP contribution >= 0.6 is 0 Å². The molecule has 6 heteroatoms. The van der Waals surface area contributed by atoms with Gasteiger partial charge in [0.2, 0.25) is 5.91 Å². The maximum Gasteiger partial charge on any atom is 0.322 e. The number of rotatable bonds is 3. The van der Waals surface area contributed by atoms with Gasteiger partial charge in [0.1, 0.15) is 25.0 Å². The van der Waals surface area contributed by atoms with Crippen molar-refractivity contribution in [2.24, 2.45) is 5.73 Å². The van der Waals surface area contributed by atoms with E-state index >= 15 is 0 Å². The van der Waals surface area contributed by atoms with Gasteiger partial charge in [-0.3, -0.25) is 9.59 Å². The first-order valence-corrected chi connectivity index (χ1v) is 4.95. The average Bonchev–Trinajstić information content (AvgIpc) is 2.51. The summed E-state index contributed by atoms with van der Waals surface area (Å²) in [5, 5.41) is 0. The van der Waals surface area contributed by atoms with E-state index in [1.807, 2.05) is 0 Å². The lowest BCUT2D eigenvalue weighted by atomic mass is 10.2. The van der Waals surface area contributed by atoms with Crippen molar-refractivity contribution in [1.29, 1.82) is 0 Å². The van der Waals surface area contributed by atoms with Gasteiger partial charge in [0.25, 0.3) is 0 Å². The normalized spacial score (nSPS) is 30.8. The van der Waals surface area contributed by atoms with Crippen molar-refractivity contribution >= 4 is 11.9 Å². The highest BCUT2D eigenvalue weighted by Crippen LogP contribution is 2.28. The highest BCUT2D eigenvalue weighted by molar-refractivity contribution is 5.83. The number of amides is 1. The van der Waals surface area contributed by atoms with Crippen molar-refractivity contribution < 1.29 is 19.1 Å². The molecule has 0 spiro atoms. The van der Waals surface area contributed by atoms with Crippen LogP contribution in [-0.2, 0) is 19.1 Å². The molecule has 0 saturated carbocycles. The molecule has 0 bridgehead atoms. The highest BCUT2D eigenvalue weighted by Gasteiger charge is 2.45. The molecule has 3 unspecified atom stereocenters. The number of nitrogens with two attached hydrogens (primary N) is 1. The molecule has 2 aliphatic heterocycles. The molecule has 6 nitrogen and oxygen atoms in total. The lowest BCUT2D eigenvalue weighted by molar-refractivity contribution is -0.159. The molecule has 15 heavy (non-hydrogen) atoms. The van der Waals surface area contributed by atoms with E-state index in [2.05, 4.69) is 0 Å². The van der Waals surface area contributed by atoms with Gasteiger partial charge < -0.3 is 20.1 Å². The van der Waals surface area contributed by atoms with Crippen LogP contribution in [0, 0.1) is 0 Å². The maximum atomic E-state index is 11.1. The number of carbonyl (C=O) groups is 2. The average molecular weight is 214 g/mol. The first-order valence-electron chi connectivity index (χ1n) is 4.95. The van der Waals surface area contributed by atoms with Gasteiger partial charge in [0.05, 0.1) is 13.0 Å². The van der Waals surface area contributed by atoms with Gasteiger partial charge in [-0.1, -0.05) is 0 Å². The van der Waals surface area contributed by atoms with Crippen LogP contribution in [0.3, 0.4) is 0 Å². The highest BCUT2D eigenvalue weighted by atomic mass is 16.6. The van der Waals surface area contributed by atoms with Gasteiger partial charge in [0.15, 0.2) is 0 Å². The molecule has 2 saturated heterocycles. The quantitative estimate of drug-likeness (QED) is 0.473. The van der Waals surface area contributed by atoms with Gasteiger partial charge in [-0.15, -0.1) is 0 Å². The number of nitrogens with zero attached hydrogens (tertiary/aromatic N) is 1. The third-order valence-electron chi connectivity index (χ3n) is 2.55. The molecule has 0 aliphatic carbocycles. The summed E-state index contributed by atoms with van der Waals surface area (Å²) in [5.74, 6) is -0.347. The van der Waals surface area contributed by atoms with E-state index in [-0.39, 0.29) is 24.8 Å². The molecule has 84 valence electrons. The van der Waals surface area contributed by atoms with E-state index in [0.717, 1.165) is 0 Å². The lowest BCUT2D eigenvalue weighted by Gasteiger charge is -2.31. The third-order valence-corrected chi connectivity index (χ3v) is 2.55. The Morgan fingerprint density at radius 2 is 2.53 bits per heavy atom. The fourth-order valence-corrected chi connectivity index (χ4v) is 1.65. The van der Waals surface area contributed by atoms with Crippen LogP contribution in [0.15, 0.2) is 0 Å². The number of ether oxygens (including phenoxy) is 2. The number of hydrogen-bond acceptors (Lipinski definition) is 5. The van der Waals surface area contributed by atoms with E-state index in [9.17, 15) is 9.59 Å². The first-order chi connectivity index (χ1) is 7.08. The van der Waals surface area contributed by atoms with E-state index in [4.69, 9.17) is 15.2 Å².